The fourth-order valence-corrected chi connectivity index (χ4v) is 1.56. The van der Waals surface area contributed by atoms with Gasteiger partial charge in [-0.1, -0.05) is 13.8 Å². The first-order valence-corrected chi connectivity index (χ1v) is 6.73. The van der Waals surface area contributed by atoms with E-state index >= 15 is 0 Å². The maximum Gasteiger partial charge on any atom is 0.326 e. The van der Waals surface area contributed by atoms with Gasteiger partial charge in [-0.05, 0) is 33.1 Å². The van der Waals surface area contributed by atoms with Crippen LogP contribution in [0.25, 0.3) is 0 Å². The molecule has 0 saturated heterocycles. The van der Waals surface area contributed by atoms with Gasteiger partial charge in [0.2, 0.25) is 5.91 Å². The van der Waals surface area contributed by atoms with Gasteiger partial charge in [-0.15, -0.1) is 0 Å². The van der Waals surface area contributed by atoms with Crippen molar-refractivity contribution in [1.29, 1.82) is 0 Å². The number of hydrogen-bond acceptors (Lipinski definition) is 3. The first-order chi connectivity index (χ1) is 9.13. The Morgan fingerprint density at radius 3 is 1.90 bits per heavy atom. The molecule has 20 heavy (non-hydrogen) atoms. The summed E-state index contributed by atoms with van der Waals surface area (Å²) in [7, 11) is 0. The van der Waals surface area contributed by atoms with Crippen LogP contribution < -0.4 is 16.0 Å². The Kier molecular flexibility index (Phi) is 7.64. The Morgan fingerprint density at radius 1 is 0.950 bits per heavy atom. The Balaban J connectivity index is 4.38. The summed E-state index contributed by atoms with van der Waals surface area (Å²) in [4.78, 5) is 34.3. The molecule has 2 atom stereocenters. The Hall–Kier alpha value is -1.79. The predicted octanol–water partition coefficient (Wildman–Crippen LogP) is 0.698. The van der Waals surface area contributed by atoms with Crippen LogP contribution in [-0.2, 0) is 9.59 Å². The van der Waals surface area contributed by atoms with Gasteiger partial charge in [-0.2, -0.15) is 0 Å². The van der Waals surface area contributed by atoms with Crippen molar-refractivity contribution in [1.82, 2.24) is 16.0 Å². The van der Waals surface area contributed by atoms with Crippen LogP contribution in [0.3, 0.4) is 0 Å². The van der Waals surface area contributed by atoms with Crippen molar-refractivity contribution >= 4 is 17.9 Å². The van der Waals surface area contributed by atoms with Gasteiger partial charge in [0.1, 0.15) is 12.1 Å². The smallest absolute Gasteiger partial charge is 0.326 e. The molecule has 4 N–H and O–H groups in total. The summed E-state index contributed by atoms with van der Waals surface area (Å²) >= 11 is 0. The Labute approximate surface area is 119 Å². The van der Waals surface area contributed by atoms with Crippen molar-refractivity contribution in [3.8, 4) is 0 Å². The number of carbonyl (C=O) groups excluding carboxylic acids is 2. The van der Waals surface area contributed by atoms with Crippen molar-refractivity contribution < 1.29 is 19.5 Å². The summed E-state index contributed by atoms with van der Waals surface area (Å²) in [5.41, 5.74) is 0. The summed E-state index contributed by atoms with van der Waals surface area (Å²) in [6.45, 7) is 8.90. The van der Waals surface area contributed by atoms with Crippen LogP contribution in [0.1, 0.15) is 41.0 Å². The van der Waals surface area contributed by atoms with Crippen LogP contribution in [0.5, 0.6) is 0 Å². The monoisotopic (exact) mass is 287 g/mol. The molecule has 0 aromatic rings. The fraction of sp³-hybridized carbons (Fsp3) is 0.769. The normalized spacial score (nSPS) is 13.8. The van der Waals surface area contributed by atoms with E-state index in [4.69, 9.17) is 5.11 Å². The van der Waals surface area contributed by atoms with Crippen molar-refractivity contribution in [2.75, 3.05) is 0 Å². The summed E-state index contributed by atoms with van der Waals surface area (Å²) in [5.74, 6) is -1.27. The number of carbonyl (C=O) groups is 3. The van der Waals surface area contributed by atoms with Crippen molar-refractivity contribution in [2.45, 2.75) is 59.2 Å². The highest BCUT2D eigenvalue weighted by molar-refractivity contribution is 5.88. The van der Waals surface area contributed by atoms with Gasteiger partial charge in [0.05, 0.1) is 0 Å². The van der Waals surface area contributed by atoms with E-state index in [0.717, 1.165) is 0 Å². The van der Waals surface area contributed by atoms with E-state index in [1.807, 2.05) is 27.7 Å². The maximum absolute atomic E-state index is 11.7. The molecule has 0 aliphatic carbocycles. The quantitative estimate of drug-likeness (QED) is 0.552. The van der Waals surface area contributed by atoms with Crippen LogP contribution in [0, 0.1) is 5.92 Å². The fourth-order valence-electron chi connectivity index (χ4n) is 1.56. The summed E-state index contributed by atoms with van der Waals surface area (Å²) < 4.78 is 0. The van der Waals surface area contributed by atoms with E-state index in [2.05, 4.69) is 16.0 Å². The van der Waals surface area contributed by atoms with Crippen molar-refractivity contribution in [3.05, 3.63) is 0 Å². The summed E-state index contributed by atoms with van der Waals surface area (Å²) in [6, 6.07) is -2.38. The molecule has 0 rings (SSSR count). The van der Waals surface area contributed by atoms with Crippen LogP contribution in [-0.4, -0.2) is 41.1 Å². The molecule has 3 amide bonds. The summed E-state index contributed by atoms with van der Waals surface area (Å²) in [6.07, 6.45) is 0.329. The molecule has 0 fully saturated rings. The molecule has 0 radical (unpaired) electrons. The van der Waals surface area contributed by atoms with Gasteiger partial charge in [0.25, 0.3) is 0 Å². The third kappa shape index (κ3) is 7.60. The molecule has 7 heteroatoms. The summed E-state index contributed by atoms with van der Waals surface area (Å²) in [5, 5.41) is 16.4. The molecule has 0 heterocycles. The molecular formula is C13H25N3O4. The maximum atomic E-state index is 11.7. The average molecular weight is 287 g/mol. The van der Waals surface area contributed by atoms with Crippen LogP contribution in [0.15, 0.2) is 0 Å². The number of nitrogens with one attached hydrogen (secondary N) is 3. The highest BCUT2D eigenvalue weighted by Gasteiger charge is 2.23. The highest BCUT2D eigenvalue weighted by atomic mass is 16.4. The number of carboxylic acid groups (broad SMARTS) is 1. The number of rotatable bonds is 7. The number of aliphatic carboxylic acids is 1. The molecular weight excluding hydrogens is 262 g/mol. The lowest BCUT2D eigenvalue weighted by Gasteiger charge is -2.20. The second kappa shape index (κ2) is 8.39. The molecule has 0 aromatic carbocycles. The van der Waals surface area contributed by atoms with Crippen LogP contribution in [0.2, 0.25) is 0 Å². The zero-order valence-corrected chi connectivity index (χ0v) is 12.7. The highest BCUT2D eigenvalue weighted by Crippen LogP contribution is 2.04. The lowest BCUT2D eigenvalue weighted by atomic mass is 10.0. The second-order valence-electron chi connectivity index (χ2n) is 5.52. The largest absolute Gasteiger partial charge is 0.480 e. The molecule has 1 unspecified atom stereocenters. The zero-order chi connectivity index (χ0) is 15.9. The third-order valence-corrected chi connectivity index (χ3v) is 2.48. The second-order valence-corrected chi connectivity index (χ2v) is 5.52. The van der Waals surface area contributed by atoms with Crippen LogP contribution in [0.4, 0.5) is 4.79 Å². The van der Waals surface area contributed by atoms with E-state index in [-0.39, 0.29) is 17.9 Å². The van der Waals surface area contributed by atoms with E-state index < -0.39 is 24.1 Å². The number of carboxylic acids is 1. The Morgan fingerprint density at radius 2 is 1.50 bits per heavy atom. The number of amides is 3. The number of hydrogen-bond donors (Lipinski definition) is 4. The van der Waals surface area contributed by atoms with E-state index in [9.17, 15) is 14.4 Å². The molecule has 0 aliphatic heterocycles. The minimum absolute atomic E-state index is 0.0254. The lowest BCUT2D eigenvalue weighted by molar-refractivity contribution is -0.139. The minimum Gasteiger partial charge on any atom is -0.480 e. The average Bonchev–Trinajstić information content (AvgIpc) is 2.25. The number of urea groups is 1. The first-order valence-electron chi connectivity index (χ1n) is 6.73. The lowest BCUT2D eigenvalue weighted by Crippen LogP contribution is -2.53. The van der Waals surface area contributed by atoms with Gasteiger partial charge in [0, 0.05) is 6.04 Å². The SMILES string of the molecule is CC(C)C[C@H](NC(=O)NC(C)C(=O)NC(C)C)C(=O)O. The van der Waals surface area contributed by atoms with Gasteiger partial charge in [0.15, 0.2) is 0 Å². The van der Waals surface area contributed by atoms with Gasteiger partial charge >= 0.3 is 12.0 Å². The minimum atomic E-state index is -1.09. The zero-order valence-electron chi connectivity index (χ0n) is 12.7. The van der Waals surface area contributed by atoms with E-state index in [1.54, 1.807) is 0 Å². The molecule has 0 bridgehead atoms. The van der Waals surface area contributed by atoms with Gasteiger partial charge in [-0.25, -0.2) is 9.59 Å². The Bertz CT molecular complexity index is 356. The molecule has 116 valence electrons. The van der Waals surface area contributed by atoms with Crippen molar-refractivity contribution in [2.24, 2.45) is 5.92 Å². The van der Waals surface area contributed by atoms with Gasteiger partial charge in [-0.3, -0.25) is 4.79 Å². The van der Waals surface area contributed by atoms with Crippen LogP contribution >= 0.6 is 0 Å². The molecule has 0 aliphatic rings. The molecule has 0 saturated carbocycles. The van der Waals surface area contributed by atoms with Gasteiger partial charge < -0.3 is 21.1 Å². The predicted molar refractivity (Wildman–Crippen MR) is 75.3 cm³/mol. The standard InChI is InChI=1S/C13H25N3O4/c1-7(2)6-10(12(18)19)16-13(20)15-9(5)11(17)14-8(3)4/h7-10H,6H2,1-5H3,(H,14,17)(H,18,19)(H2,15,16,20)/t9?,10-/m0/s1. The van der Waals surface area contributed by atoms with Crippen molar-refractivity contribution in [3.63, 3.8) is 0 Å². The topological polar surface area (TPSA) is 108 Å². The molecule has 0 aromatic heterocycles. The third-order valence-electron chi connectivity index (χ3n) is 2.48. The molecule has 0 spiro atoms. The van der Waals surface area contributed by atoms with E-state index in [0.29, 0.717) is 6.42 Å². The van der Waals surface area contributed by atoms with E-state index in [1.165, 1.54) is 6.92 Å². The molecule has 7 nitrogen and oxygen atoms in total. The first kappa shape index (κ1) is 18.2.